The zero-order valence-corrected chi connectivity index (χ0v) is 11.2. The fourth-order valence-corrected chi connectivity index (χ4v) is 1.73. The SMILES string of the molecule is CCOCCNC(=S)N[C@H](C)c1ccccc1. The molecule has 1 aromatic carbocycles. The molecule has 0 unspecified atom stereocenters. The lowest BCUT2D eigenvalue weighted by molar-refractivity contribution is 0.152. The number of hydrogen-bond donors (Lipinski definition) is 2. The van der Waals surface area contributed by atoms with Crippen molar-refractivity contribution in [2.45, 2.75) is 19.9 Å². The molecule has 0 saturated carbocycles. The fraction of sp³-hybridized carbons (Fsp3) is 0.462. The molecule has 0 aliphatic carbocycles. The quantitative estimate of drug-likeness (QED) is 0.601. The van der Waals surface area contributed by atoms with Crippen LogP contribution in [-0.4, -0.2) is 24.9 Å². The lowest BCUT2D eigenvalue weighted by atomic mass is 10.1. The van der Waals surface area contributed by atoms with Crippen molar-refractivity contribution < 1.29 is 4.74 Å². The highest BCUT2D eigenvalue weighted by atomic mass is 32.1. The van der Waals surface area contributed by atoms with Crippen LogP contribution < -0.4 is 10.6 Å². The topological polar surface area (TPSA) is 33.3 Å². The standard InChI is InChI=1S/C13H20N2OS/c1-3-16-10-9-14-13(17)15-11(2)12-7-5-4-6-8-12/h4-8,11H,3,9-10H2,1-2H3,(H2,14,15,17)/t11-/m1/s1. The van der Waals surface area contributed by atoms with Crippen molar-refractivity contribution in [3.05, 3.63) is 35.9 Å². The summed E-state index contributed by atoms with van der Waals surface area (Å²) in [5, 5.41) is 7.02. The Balaban J connectivity index is 2.26. The maximum Gasteiger partial charge on any atom is 0.166 e. The van der Waals surface area contributed by atoms with Crippen LogP contribution in [0.1, 0.15) is 25.5 Å². The van der Waals surface area contributed by atoms with E-state index in [-0.39, 0.29) is 6.04 Å². The van der Waals surface area contributed by atoms with Crippen molar-refractivity contribution in [3.63, 3.8) is 0 Å². The Morgan fingerprint density at radius 3 is 2.71 bits per heavy atom. The van der Waals surface area contributed by atoms with E-state index in [4.69, 9.17) is 17.0 Å². The molecule has 0 spiro atoms. The largest absolute Gasteiger partial charge is 0.380 e. The number of ether oxygens (including phenoxy) is 1. The Morgan fingerprint density at radius 2 is 2.06 bits per heavy atom. The maximum atomic E-state index is 5.22. The number of rotatable bonds is 6. The molecular weight excluding hydrogens is 232 g/mol. The first-order chi connectivity index (χ1) is 8.24. The van der Waals surface area contributed by atoms with E-state index in [1.54, 1.807) is 0 Å². The predicted octanol–water partition coefficient (Wildman–Crippen LogP) is 2.25. The van der Waals surface area contributed by atoms with Crippen molar-refractivity contribution in [1.82, 2.24) is 10.6 Å². The zero-order valence-electron chi connectivity index (χ0n) is 10.4. The summed E-state index contributed by atoms with van der Waals surface area (Å²) in [7, 11) is 0. The molecular formula is C13H20N2OS. The van der Waals surface area contributed by atoms with Gasteiger partial charge in [-0.2, -0.15) is 0 Å². The second-order valence-electron chi connectivity index (χ2n) is 3.73. The monoisotopic (exact) mass is 252 g/mol. The van der Waals surface area contributed by atoms with Gasteiger partial charge in [-0.05, 0) is 31.6 Å². The molecule has 0 aliphatic heterocycles. The summed E-state index contributed by atoms with van der Waals surface area (Å²) < 4.78 is 5.22. The minimum atomic E-state index is 0.211. The predicted molar refractivity (Wildman–Crippen MR) is 75.1 cm³/mol. The van der Waals surface area contributed by atoms with Crippen molar-refractivity contribution in [2.24, 2.45) is 0 Å². The Kier molecular flexibility index (Phi) is 6.58. The second kappa shape index (κ2) is 8.03. The highest BCUT2D eigenvalue weighted by Crippen LogP contribution is 2.10. The summed E-state index contributed by atoms with van der Waals surface area (Å²) in [4.78, 5) is 0. The Bertz CT molecular complexity index is 329. The molecule has 1 atom stereocenters. The highest BCUT2D eigenvalue weighted by Gasteiger charge is 2.05. The van der Waals surface area contributed by atoms with Gasteiger partial charge in [0.2, 0.25) is 0 Å². The van der Waals surface area contributed by atoms with Crippen molar-refractivity contribution >= 4 is 17.3 Å². The number of benzene rings is 1. The zero-order chi connectivity index (χ0) is 12.5. The smallest absolute Gasteiger partial charge is 0.166 e. The molecule has 0 saturated heterocycles. The molecule has 0 aromatic heterocycles. The van der Waals surface area contributed by atoms with E-state index in [1.807, 2.05) is 25.1 Å². The Morgan fingerprint density at radius 1 is 1.35 bits per heavy atom. The molecule has 1 rings (SSSR count). The van der Waals surface area contributed by atoms with E-state index in [0.29, 0.717) is 11.7 Å². The summed E-state index contributed by atoms with van der Waals surface area (Å²) in [6.45, 7) is 6.22. The average molecular weight is 252 g/mol. The van der Waals surface area contributed by atoms with Gasteiger partial charge in [-0.15, -0.1) is 0 Å². The molecule has 2 N–H and O–H groups in total. The van der Waals surface area contributed by atoms with Gasteiger partial charge in [0.05, 0.1) is 12.6 Å². The van der Waals surface area contributed by atoms with Gasteiger partial charge in [0.25, 0.3) is 0 Å². The van der Waals surface area contributed by atoms with Crippen molar-refractivity contribution in [1.29, 1.82) is 0 Å². The van der Waals surface area contributed by atoms with Crippen LogP contribution in [0.2, 0.25) is 0 Å². The van der Waals surface area contributed by atoms with Crippen LogP contribution in [0.3, 0.4) is 0 Å². The van der Waals surface area contributed by atoms with Crippen LogP contribution in [0, 0.1) is 0 Å². The Labute approximate surface area is 109 Å². The highest BCUT2D eigenvalue weighted by molar-refractivity contribution is 7.80. The van der Waals surface area contributed by atoms with Gasteiger partial charge in [-0.3, -0.25) is 0 Å². The summed E-state index contributed by atoms with van der Waals surface area (Å²) in [5.41, 5.74) is 1.22. The lowest BCUT2D eigenvalue weighted by Gasteiger charge is -2.17. The van der Waals surface area contributed by atoms with Crippen LogP contribution >= 0.6 is 12.2 Å². The number of thiocarbonyl (C=S) groups is 1. The first-order valence-corrected chi connectivity index (χ1v) is 6.32. The molecule has 0 bridgehead atoms. The van der Waals surface area contributed by atoms with Crippen LogP contribution in [0.15, 0.2) is 30.3 Å². The van der Waals surface area contributed by atoms with E-state index in [2.05, 4.69) is 29.7 Å². The van der Waals surface area contributed by atoms with Crippen LogP contribution in [0.5, 0.6) is 0 Å². The first kappa shape index (κ1) is 13.9. The van der Waals surface area contributed by atoms with Gasteiger partial charge >= 0.3 is 0 Å². The van der Waals surface area contributed by atoms with Crippen LogP contribution in [0.4, 0.5) is 0 Å². The molecule has 0 fully saturated rings. The van der Waals surface area contributed by atoms with Crippen molar-refractivity contribution in [3.8, 4) is 0 Å². The minimum Gasteiger partial charge on any atom is -0.380 e. The molecule has 94 valence electrons. The fourth-order valence-electron chi connectivity index (χ4n) is 1.45. The van der Waals surface area contributed by atoms with Crippen LogP contribution in [-0.2, 0) is 4.74 Å². The van der Waals surface area contributed by atoms with Gasteiger partial charge in [0.15, 0.2) is 5.11 Å². The molecule has 0 heterocycles. The third kappa shape index (κ3) is 5.65. The molecule has 1 aromatic rings. The lowest BCUT2D eigenvalue weighted by Crippen LogP contribution is -2.38. The molecule has 17 heavy (non-hydrogen) atoms. The van der Waals surface area contributed by atoms with E-state index in [1.165, 1.54) is 5.56 Å². The van der Waals surface area contributed by atoms with E-state index in [0.717, 1.165) is 13.2 Å². The summed E-state index contributed by atoms with van der Waals surface area (Å²) in [6.07, 6.45) is 0. The number of nitrogens with one attached hydrogen (secondary N) is 2. The first-order valence-electron chi connectivity index (χ1n) is 5.91. The second-order valence-corrected chi connectivity index (χ2v) is 4.14. The van der Waals surface area contributed by atoms with Gasteiger partial charge in [0.1, 0.15) is 0 Å². The summed E-state index contributed by atoms with van der Waals surface area (Å²) in [6, 6.07) is 10.4. The summed E-state index contributed by atoms with van der Waals surface area (Å²) in [5.74, 6) is 0. The molecule has 0 aliphatic rings. The molecule has 3 nitrogen and oxygen atoms in total. The van der Waals surface area contributed by atoms with Gasteiger partial charge in [-0.1, -0.05) is 30.3 Å². The maximum absolute atomic E-state index is 5.22. The third-order valence-electron chi connectivity index (χ3n) is 2.38. The van der Waals surface area contributed by atoms with Gasteiger partial charge in [-0.25, -0.2) is 0 Å². The third-order valence-corrected chi connectivity index (χ3v) is 2.65. The van der Waals surface area contributed by atoms with Crippen LogP contribution in [0.25, 0.3) is 0 Å². The van der Waals surface area contributed by atoms with Crippen molar-refractivity contribution in [2.75, 3.05) is 19.8 Å². The molecule has 0 radical (unpaired) electrons. The Hall–Kier alpha value is -1.13. The minimum absolute atomic E-state index is 0.211. The molecule has 4 heteroatoms. The average Bonchev–Trinajstić information content (AvgIpc) is 2.36. The van der Waals surface area contributed by atoms with E-state index < -0.39 is 0 Å². The van der Waals surface area contributed by atoms with Gasteiger partial charge in [0, 0.05) is 13.2 Å². The normalized spacial score (nSPS) is 11.9. The number of hydrogen-bond acceptors (Lipinski definition) is 2. The van der Waals surface area contributed by atoms with E-state index >= 15 is 0 Å². The molecule has 0 amide bonds. The summed E-state index contributed by atoms with van der Waals surface area (Å²) >= 11 is 5.20. The van der Waals surface area contributed by atoms with Gasteiger partial charge < -0.3 is 15.4 Å². The van der Waals surface area contributed by atoms with E-state index in [9.17, 15) is 0 Å².